The van der Waals surface area contributed by atoms with Gasteiger partial charge < -0.3 is 15.1 Å². The van der Waals surface area contributed by atoms with E-state index >= 15 is 0 Å². The summed E-state index contributed by atoms with van der Waals surface area (Å²) in [5, 5.41) is 2.76. The van der Waals surface area contributed by atoms with E-state index in [0.29, 0.717) is 25.2 Å². The maximum absolute atomic E-state index is 13.5. The van der Waals surface area contributed by atoms with Crippen molar-refractivity contribution >= 4 is 23.5 Å². The first kappa shape index (κ1) is 22.7. The molecule has 0 radical (unpaired) electrons. The normalized spacial score (nSPS) is 22.3. The number of alkyl halides is 5. The standard InChI is InChI=1S/C22H23F5N6O/c23-21(24)11-33(12-21)20-29-16(14-5-7-32(10-14)19(34)13-2-1-3-13)9-18(31-20)30-17-8-15(4-6-28-17)22(25,26)27/h4,6,8-9,13-14H,1-3,5,7,10-12H2,(H,28,29,30,31). The summed E-state index contributed by atoms with van der Waals surface area (Å²) in [6.07, 6.45) is 0.0159. The Morgan fingerprint density at radius 2 is 1.85 bits per heavy atom. The average molecular weight is 482 g/mol. The van der Waals surface area contributed by atoms with Crippen LogP contribution in [0.3, 0.4) is 0 Å². The summed E-state index contributed by atoms with van der Waals surface area (Å²) in [7, 11) is 0. The molecule has 5 rings (SSSR count). The molecule has 1 N–H and O–H groups in total. The fourth-order valence-electron chi connectivity index (χ4n) is 4.44. The quantitative estimate of drug-likeness (QED) is 0.644. The number of hydrogen-bond acceptors (Lipinski definition) is 6. The summed E-state index contributed by atoms with van der Waals surface area (Å²) >= 11 is 0. The highest BCUT2D eigenvalue weighted by atomic mass is 19.4. The number of nitrogens with one attached hydrogen (secondary N) is 1. The molecule has 4 heterocycles. The van der Waals surface area contributed by atoms with Crippen molar-refractivity contribution in [3.63, 3.8) is 0 Å². The van der Waals surface area contributed by atoms with Gasteiger partial charge in [0.25, 0.3) is 5.92 Å². The van der Waals surface area contributed by atoms with Crippen LogP contribution in [0, 0.1) is 5.92 Å². The van der Waals surface area contributed by atoms with Crippen molar-refractivity contribution in [2.45, 2.75) is 43.7 Å². The number of pyridine rings is 1. The molecule has 0 spiro atoms. The third-order valence-electron chi connectivity index (χ3n) is 6.58. The Balaban J connectivity index is 1.39. The predicted molar refractivity (Wildman–Crippen MR) is 113 cm³/mol. The van der Waals surface area contributed by atoms with Gasteiger partial charge in [0, 0.05) is 37.2 Å². The van der Waals surface area contributed by atoms with Crippen LogP contribution in [-0.4, -0.2) is 57.9 Å². The first-order valence-electron chi connectivity index (χ1n) is 11.2. The molecule has 2 aliphatic heterocycles. The number of hydrogen-bond donors (Lipinski definition) is 1. The molecular formula is C22H23F5N6O. The topological polar surface area (TPSA) is 74.2 Å². The molecule has 1 amide bonds. The Hall–Kier alpha value is -3.05. The number of carbonyl (C=O) groups excluding carboxylic acids is 1. The highest BCUT2D eigenvalue weighted by Gasteiger charge is 2.45. The summed E-state index contributed by atoms with van der Waals surface area (Å²) in [6, 6.07) is 3.30. The van der Waals surface area contributed by atoms with Crippen LogP contribution in [0.5, 0.6) is 0 Å². The molecule has 182 valence electrons. The lowest BCUT2D eigenvalue weighted by Gasteiger charge is -2.38. The van der Waals surface area contributed by atoms with Crippen molar-refractivity contribution in [1.29, 1.82) is 0 Å². The monoisotopic (exact) mass is 482 g/mol. The van der Waals surface area contributed by atoms with Crippen molar-refractivity contribution in [1.82, 2.24) is 19.9 Å². The van der Waals surface area contributed by atoms with Crippen molar-refractivity contribution in [2.75, 3.05) is 36.4 Å². The van der Waals surface area contributed by atoms with Gasteiger partial charge in [-0.1, -0.05) is 6.42 Å². The van der Waals surface area contributed by atoms with E-state index in [1.54, 1.807) is 6.07 Å². The SMILES string of the molecule is O=C(C1CCC1)N1CCC(c2cc(Nc3cc(C(F)(F)F)ccn3)nc(N3CC(F)(F)C3)n2)C1. The summed E-state index contributed by atoms with van der Waals surface area (Å²) in [6.45, 7) is -0.0222. The highest BCUT2D eigenvalue weighted by molar-refractivity contribution is 5.80. The van der Waals surface area contributed by atoms with Crippen LogP contribution in [0.2, 0.25) is 0 Å². The van der Waals surface area contributed by atoms with Crippen LogP contribution >= 0.6 is 0 Å². The zero-order valence-corrected chi connectivity index (χ0v) is 18.2. The lowest BCUT2D eigenvalue weighted by molar-refractivity contribution is -0.138. The van der Waals surface area contributed by atoms with Gasteiger partial charge in [-0.3, -0.25) is 4.79 Å². The molecule has 3 aliphatic rings. The summed E-state index contributed by atoms with van der Waals surface area (Å²) in [5.74, 6) is -2.60. The molecule has 2 aromatic heterocycles. The van der Waals surface area contributed by atoms with Gasteiger partial charge in [0.2, 0.25) is 11.9 Å². The first-order chi connectivity index (χ1) is 16.1. The Labute approximate surface area is 192 Å². The second-order valence-corrected chi connectivity index (χ2v) is 9.14. The number of rotatable bonds is 5. The number of aromatic nitrogens is 3. The van der Waals surface area contributed by atoms with Crippen LogP contribution in [0.25, 0.3) is 0 Å². The average Bonchev–Trinajstić information content (AvgIpc) is 3.20. The van der Waals surface area contributed by atoms with Gasteiger partial charge in [-0.2, -0.15) is 18.2 Å². The largest absolute Gasteiger partial charge is 0.416 e. The van der Waals surface area contributed by atoms with E-state index < -0.39 is 30.8 Å². The lowest BCUT2D eigenvalue weighted by atomic mass is 9.84. The van der Waals surface area contributed by atoms with Crippen molar-refractivity contribution in [2.24, 2.45) is 5.92 Å². The third kappa shape index (κ3) is 4.62. The van der Waals surface area contributed by atoms with Crippen molar-refractivity contribution in [3.05, 3.63) is 35.7 Å². The van der Waals surface area contributed by atoms with E-state index in [1.807, 2.05) is 4.90 Å². The third-order valence-corrected chi connectivity index (χ3v) is 6.58. The van der Waals surface area contributed by atoms with Gasteiger partial charge in [-0.15, -0.1) is 0 Å². The fourth-order valence-corrected chi connectivity index (χ4v) is 4.44. The molecule has 0 aromatic carbocycles. The van der Waals surface area contributed by atoms with Crippen molar-refractivity contribution in [3.8, 4) is 0 Å². The number of carbonyl (C=O) groups is 1. The Bertz CT molecular complexity index is 1080. The van der Waals surface area contributed by atoms with Gasteiger partial charge in [0.05, 0.1) is 24.3 Å². The molecule has 1 saturated carbocycles. The summed E-state index contributed by atoms with van der Waals surface area (Å²) < 4.78 is 66.1. The molecule has 1 aliphatic carbocycles. The van der Waals surface area contributed by atoms with E-state index in [1.165, 1.54) is 4.90 Å². The zero-order valence-electron chi connectivity index (χ0n) is 18.2. The number of anilines is 3. The van der Waals surface area contributed by atoms with Gasteiger partial charge in [-0.25, -0.2) is 18.7 Å². The molecule has 1 unspecified atom stereocenters. The van der Waals surface area contributed by atoms with Crippen LogP contribution in [0.4, 0.5) is 39.5 Å². The maximum atomic E-state index is 13.5. The van der Waals surface area contributed by atoms with E-state index in [2.05, 4.69) is 20.3 Å². The summed E-state index contributed by atoms with van der Waals surface area (Å²) in [5.41, 5.74) is -0.318. The Morgan fingerprint density at radius 3 is 2.50 bits per heavy atom. The molecular weight excluding hydrogens is 459 g/mol. The highest BCUT2D eigenvalue weighted by Crippen LogP contribution is 2.36. The number of nitrogens with zero attached hydrogens (tertiary/aromatic N) is 5. The first-order valence-corrected chi connectivity index (χ1v) is 11.2. The maximum Gasteiger partial charge on any atom is 0.416 e. The molecule has 2 aromatic rings. The number of amides is 1. The minimum absolute atomic E-state index is 0.0710. The van der Waals surface area contributed by atoms with Crippen LogP contribution in [0.1, 0.15) is 42.9 Å². The zero-order chi connectivity index (χ0) is 24.1. The van der Waals surface area contributed by atoms with Crippen LogP contribution in [0.15, 0.2) is 24.4 Å². The molecule has 34 heavy (non-hydrogen) atoms. The van der Waals surface area contributed by atoms with E-state index in [-0.39, 0.29) is 35.3 Å². The predicted octanol–water partition coefficient (Wildman–Crippen LogP) is 4.21. The smallest absolute Gasteiger partial charge is 0.342 e. The van der Waals surface area contributed by atoms with Gasteiger partial charge in [0.1, 0.15) is 11.6 Å². The van der Waals surface area contributed by atoms with Gasteiger partial charge >= 0.3 is 6.18 Å². The van der Waals surface area contributed by atoms with Crippen LogP contribution in [-0.2, 0) is 11.0 Å². The summed E-state index contributed by atoms with van der Waals surface area (Å²) in [4.78, 5) is 28.4. The van der Waals surface area contributed by atoms with Gasteiger partial charge in [-0.05, 0) is 31.4 Å². The molecule has 0 bridgehead atoms. The van der Waals surface area contributed by atoms with Crippen LogP contribution < -0.4 is 10.2 Å². The Kier molecular flexibility index (Phi) is 5.56. The molecule has 7 nitrogen and oxygen atoms in total. The van der Waals surface area contributed by atoms with E-state index in [4.69, 9.17) is 0 Å². The second kappa shape index (κ2) is 8.31. The molecule has 12 heteroatoms. The molecule has 3 fully saturated rings. The van der Waals surface area contributed by atoms with Crippen molar-refractivity contribution < 1.29 is 26.7 Å². The fraction of sp³-hybridized carbons (Fsp3) is 0.545. The number of halogens is 5. The van der Waals surface area contributed by atoms with E-state index in [9.17, 15) is 26.7 Å². The lowest BCUT2D eigenvalue weighted by Crippen LogP contribution is -2.57. The second-order valence-electron chi connectivity index (χ2n) is 9.14. The number of likely N-dealkylation sites (tertiary alicyclic amines) is 1. The van der Waals surface area contributed by atoms with Gasteiger partial charge in [0.15, 0.2) is 0 Å². The Morgan fingerprint density at radius 1 is 1.09 bits per heavy atom. The molecule has 1 atom stereocenters. The minimum Gasteiger partial charge on any atom is -0.342 e. The van der Waals surface area contributed by atoms with E-state index in [0.717, 1.165) is 37.6 Å². The minimum atomic E-state index is -4.54. The molecule has 2 saturated heterocycles.